The number of nitrogens with zero attached hydrogens (tertiary/aromatic N) is 2. The zero-order valence-corrected chi connectivity index (χ0v) is 14.0. The van der Waals surface area contributed by atoms with Gasteiger partial charge in [0.05, 0.1) is 11.3 Å². The molecule has 2 aromatic carbocycles. The Balaban J connectivity index is 2.00. The van der Waals surface area contributed by atoms with Crippen LogP contribution in [-0.4, -0.2) is 22.2 Å². The molecular formula is C20H22N2O. The quantitative estimate of drug-likeness (QED) is 0.767. The predicted octanol–water partition coefficient (Wildman–Crippen LogP) is 4.52. The highest BCUT2D eigenvalue weighted by Gasteiger charge is 2.40. The van der Waals surface area contributed by atoms with E-state index in [4.69, 9.17) is 0 Å². The molecule has 0 N–H and O–H groups in total. The Morgan fingerprint density at radius 3 is 2.57 bits per heavy atom. The van der Waals surface area contributed by atoms with Crippen LogP contribution in [0.15, 0.2) is 59.7 Å². The van der Waals surface area contributed by atoms with E-state index in [2.05, 4.69) is 48.9 Å². The third kappa shape index (κ3) is 2.91. The van der Waals surface area contributed by atoms with Crippen LogP contribution in [0, 0.1) is 0 Å². The van der Waals surface area contributed by atoms with Crippen LogP contribution < -0.4 is 0 Å². The third-order valence-electron chi connectivity index (χ3n) is 4.34. The second kappa shape index (κ2) is 5.65. The smallest absolute Gasteiger partial charge is 0.240 e. The zero-order valence-electron chi connectivity index (χ0n) is 14.0. The molecule has 118 valence electrons. The summed E-state index contributed by atoms with van der Waals surface area (Å²) in [4.78, 5) is 12.0. The molecule has 0 aliphatic carbocycles. The molecule has 0 saturated carbocycles. The normalized spacial score (nSPS) is 20.7. The fourth-order valence-corrected chi connectivity index (χ4v) is 3.48. The van der Waals surface area contributed by atoms with E-state index < -0.39 is 0 Å². The molecule has 0 fully saturated rings. The summed E-state index contributed by atoms with van der Waals surface area (Å²) in [7, 11) is 0. The number of hydrazone groups is 1. The molecule has 3 rings (SSSR count). The molecule has 3 nitrogen and oxygen atoms in total. The first-order valence-electron chi connectivity index (χ1n) is 7.91. The number of rotatable bonds is 3. The van der Waals surface area contributed by atoms with Crippen LogP contribution in [0.3, 0.4) is 0 Å². The highest BCUT2D eigenvalue weighted by Crippen LogP contribution is 2.35. The Labute approximate surface area is 137 Å². The number of hydrogen-bond acceptors (Lipinski definition) is 2. The van der Waals surface area contributed by atoms with Crippen LogP contribution in [0.1, 0.15) is 39.2 Å². The number of amides is 1. The van der Waals surface area contributed by atoms with E-state index in [1.165, 1.54) is 10.8 Å². The molecule has 23 heavy (non-hydrogen) atoms. The number of benzene rings is 2. The van der Waals surface area contributed by atoms with Crippen molar-refractivity contribution in [3.05, 3.63) is 60.2 Å². The summed E-state index contributed by atoms with van der Waals surface area (Å²) in [5, 5.41) is 8.66. The maximum atomic E-state index is 12.0. The van der Waals surface area contributed by atoms with Crippen LogP contribution in [0.5, 0.6) is 0 Å². The third-order valence-corrected chi connectivity index (χ3v) is 4.34. The number of hydrogen-bond donors (Lipinski definition) is 0. The monoisotopic (exact) mass is 306 g/mol. The van der Waals surface area contributed by atoms with Gasteiger partial charge in [-0.3, -0.25) is 4.79 Å². The summed E-state index contributed by atoms with van der Waals surface area (Å²) in [5.41, 5.74) is 2.79. The van der Waals surface area contributed by atoms with Crippen molar-refractivity contribution in [1.82, 2.24) is 5.01 Å². The summed E-state index contributed by atoms with van der Waals surface area (Å²) in [6.07, 6.45) is 1.50. The van der Waals surface area contributed by atoms with Gasteiger partial charge in [-0.05, 0) is 42.7 Å². The Kier molecular flexibility index (Phi) is 3.80. The molecule has 1 heterocycles. The molecular weight excluding hydrogens is 284 g/mol. The van der Waals surface area contributed by atoms with Gasteiger partial charge in [0.1, 0.15) is 0 Å². The van der Waals surface area contributed by atoms with Crippen LogP contribution >= 0.6 is 0 Å². The Morgan fingerprint density at radius 2 is 1.91 bits per heavy atom. The van der Waals surface area contributed by atoms with Crippen molar-refractivity contribution < 1.29 is 4.79 Å². The van der Waals surface area contributed by atoms with Crippen molar-refractivity contribution in [1.29, 1.82) is 0 Å². The zero-order chi connectivity index (χ0) is 16.6. The van der Waals surface area contributed by atoms with E-state index in [9.17, 15) is 4.79 Å². The lowest BCUT2D eigenvalue weighted by atomic mass is 9.87. The van der Waals surface area contributed by atoms with Gasteiger partial charge in [-0.15, -0.1) is 6.58 Å². The van der Waals surface area contributed by atoms with Crippen molar-refractivity contribution in [2.45, 2.75) is 39.2 Å². The second-order valence-electron chi connectivity index (χ2n) is 6.75. The molecule has 0 spiro atoms. The van der Waals surface area contributed by atoms with Crippen LogP contribution in [0.2, 0.25) is 0 Å². The molecule has 2 aromatic rings. The van der Waals surface area contributed by atoms with Crippen molar-refractivity contribution in [2.24, 2.45) is 5.10 Å². The lowest BCUT2D eigenvalue weighted by Gasteiger charge is -2.32. The summed E-state index contributed by atoms with van der Waals surface area (Å²) in [5.74, 6) is -0.0236. The van der Waals surface area contributed by atoms with Gasteiger partial charge in [-0.25, -0.2) is 5.01 Å². The van der Waals surface area contributed by atoms with E-state index in [0.29, 0.717) is 0 Å². The minimum Gasteiger partial charge on any atom is -0.273 e. The lowest BCUT2D eigenvalue weighted by molar-refractivity contribution is -0.133. The Morgan fingerprint density at radius 1 is 1.22 bits per heavy atom. The fourth-order valence-electron chi connectivity index (χ4n) is 3.48. The number of carbonyl (C=O) groups is 1. The summed E-state index contributed by atoms with van der Waals surface area (Å²) < 4.78 is 0. The Hall–Kier alpha value is -2.42. The van der Waals surface area contributed by atoms with Crippen molar-refractivity contribution in [3.63, 3.8) is 0 Å². The van der Waals surface area contributed by atoms with Crippen molar-refractivity contribution in [3.8, 4) is 0 Å². The minimum absolute atomic E-state index is 0.0236. The topological polar surface area (TPSA) is 32.7 Å². The highest BCUT2D eigenvalue weighted by molar-refractivity contribution is 6.05. The SMILES string of the molecule is C=C(C)CC1(C)CC(c2ccc3ccccc3c2)=NN1C(C)=O. The van der Waals surface area contributed by atoms with E-state index >= 15 is 0 Å². The molecule has 1 unspecified atom stereocenters. The maximum Gasteiger partial charge on any atom is 0.240 e. The fraction of sp³-hybridized carbons (Fsp3) is 0.300. The molecule has 1 atom stereocenters. The minimum atomic E-state index is -0.321. The number of fused-ring (bicyclic) bond motifs is 1. The summed E-state index contributed by atoms with van der Waals surface area (Å²) in [6.45, 7) is 9.66. The summed E-state index contributed by atoms with van der Waals surface area (Å²) >= 11 is 0. The van der Waals surface area contributed by atoms with Gasteiger partial charge in [0, 0.05) is 13.3 Å². The van der Waals surface area contributed by atoms with Gasteiger partial charge in [0.15, 0.2) is 0 Å². The van der Waals surface area contributed by atoms with Crippen molar-refractivity contribution in [2.75, 3.05) is 0 Å². The number of carbonyl (C=O) groups excluding carboxylic acids is 1. The standard InChI is InChI=1S/C20H22N2O/c1-14(2)12-20(4)13-19(21-22(20)15(3)23)18-10-9-16-7-5-6-8-17(16)11-18/h5-11H,1,12-13H2,2-4H3. The van der Waals surface area contributed by atoms with Gasteiger partial charge in [0.25, 0.3) is 0 Å². The van der Waals surface area contributed by atoms with Gasteiger partial charge in [-0.2, -0.15) is 5.10 Å². The first kappa shape index (κ1) is 15.5. The molecule has 0 bridgehead atoms. The Bertz CT molecular complexity index is 821. The molecule has 1 aliphatic rings. The maximum absolute atomic E-state index is 12.0. The van der Waals surface area contributed by atoms with E-state index in [0.717, 1.165) is 29.7 Å². The first-order valence-corrected chi connectivity index (χ1v) is 7.91. The van der Waals surface area contributed by atoms with E-state index in [1.807, 2.05) is 19.1 Å². The lowest BCUT2D eigenvalue weighted by Crippen LogP contribution is -2.42. The predicted molar refractivity (Wildman–Crippen MR) is 95.5 cm³/mol. The molecule has 0 radical (unpaired) electrons. The van der Waals surface area contributed by atoms with Crippen molar-refractivity contribution >= 4 is 22.4 Å². The van der Waals surface area contributed by atoms with Gasteiger partial charge in [0.2, 0.25) is 5.91 Å². The van der Waals surface area contributed by atoms with Crippen LogP contribution in [0.25, 0.3) is 10.8 Å². The second-order valence-corrected chi connectivity index (χ2v) is 6.75. The average Bonchev–Trinajstić information content (AvgIpc) is 2.83. The first-order chi connectivity index (χ1) is 10.9. The van der Waals surface area contributed by atoms with Crippen LogP contribution in [-0.2, 0) is 4.79 Å². The molecule has 3 heteroatoms. The van der Waals surface area contributed by atoms with Crippen LogP contribution in [0.4, 0.5) is 0 Å². The van der Waals surface area contributed by atoms with E-state index in [1.54, 1.807) is 11.9 Å². The van der Waals surface area contributed by atoms with Gasteiger partial charge >= 0.3 is 0 Å². The average molecular weight is 306 g/mol. The van der Waals surface area contributed by atoms with E-state index in [-0.39, 0.29) is 11.4 Å². The molecule has 1 amide bonds. The molecule has 0 aromatic heterocycles. The molecule has 0 saturated heterocycles. The molecule has 1 aliphatic heterocycles. The van der Waals surface area contributed by atoms with Gasteiger partial charge < -0.3 is 0 Å². The summed E-state index contributed by atoms with van der Waals surface area (Å²) in [6, 6.07) is 14.6. The largest absolute Gasteiger partial charge is 0.273 e. The highest BCUT2D eigenvalue weighted by atomic mass is 16.2. The van der Waals surface area contributed by atoms with Gasteiger partial charge in [-0.1, -0.05) is 42.0 Å².